The molecule has 7 heteroatoms. The minimum atomic E-state index is -3.08. The van der Waals surface area contributed by atoms with Crippen LogP contribution in [0, 0.1) is 5.82 Å². The molecule has 3 rings (SSSR count). The molecule has 0 aromatic heterocycles. The molecule has 2 aliphatic rings. The minimum Gasteiger partial charge on any atom is -0.669 e. The first-order chi connectivity index (χ1) is 7.92. The lowest BCUT2D eigenvalue weighted by Gasteiger charge is -2.36. The van der Waals surface area contributed by atoms with E-state index < -0.39 is 29.9 Å². The number of halogens is 1. The van der Waals surface area contributed by atoms with Crippen molar-refractivity contribution in [2.75, 3.05) is 0 Å². The van der Waals surface area contributed by atoms with E-state index in [2.05, 4.69) is 0 Å². The number of benzene rings is 1. The Kier molecular flexibility index (Phi) is 1.86. The highest BCUT2D eigenvalue weighted by molar-refractivity contribution is 6.62. The average molecular weight is 239 g/mol. The Balaban J connectivity index is 2.21. The van der Waals surface area contributed by atoms with E-state index in [0.717, 1.165) is 6.07 Å². The van der Waals surface area contributed by atoms with Crippen molar-refractivity contribution in [2.45, 2.75) is 18.2 Å². The smallest absolute Gasteiger partial charge is 0.434 e. The number of rotatable bonds is 1. The maximum Gasteiger partial charge on any atom is 0.434 e. The highest BCUT2D eigenvalue weighted by Gasteiger charge is 2.55. The summed E-state index contributed by atoms with van der Waals surface area (Å²) in [4.78, 5) is 10.9. The van der Waals surface area contributed by atoms with E-state index in [0.29, 0.717) is 12.0 Å². The summed E-state index contributed by atoms with van der Waals surface area (Å²) in [5.74, 6) is -3.23. The molecule has 1 aliphatic carbocycles. The molecule has 0 saturated heterocycles. The van der Waals surface area contributed by atoms with Gasteiger partial charge in [0.1, 0.15) is 11.4 Å². The SMILES string of the molecule is O=C(O)c1c(F)ccc2c1O[B-](O)(O)[C@@H]1C[C@H]21. The third-order valence-corrected chi connectivity index (χ3v) is 3.44. The third-order valence-electron chi connectivity index (χ3n) is 3.44. The molecule has 1 saturated carbocycles. The largest absolute Gasteiger partial charge is 0.669 e. The van der Waals surface area contributed by atoms with E-state index in [1.54, 1.807) is 0 Å². The second kappa shape index (κ2) is 2.99. The lowest BCUT2D eigenvalue weighted by molar-refractivity contribution is 0.0688. The van der Waals surface area contributed by atoms with E-state index in [4.69, 9.17) is 9.76 Å². The van der Waals surface area contributed by atoms with Crippen molar-refractivity contribution >= 4 is 12.7 Å². The van der Waals surface area contributed by atoms with Crippen molar-refractivity contribution in [3.63, 3.8) is 0 Å². The minimum absolute atomic E-state index is 0.146. The summed E-state index contributed by atoms with van der Waals surface area (Å²) in [7, 11) is 0. The lowest BCUT2D eigenvalue weighted by atomic mass is 9.68. The first-order valence-corrected chi connectivity index (χ1v) is 5.26. The number of hydrogen-bond acceptors (Lipinski definition) is 4. The fourth-order valence-corrected chi connectivity index (χ4v) is 2.51. The number of fused-ring (bicyclic) bond motifs is 3. The van der Waals surface area contributed by atoms with Gasteiger partial charge < -0.3 is 19.8 Å². The van der Waals surface area contributed by atoms with Crippen LogP contribution in [0.25, 0.3) is 0 Å². The summed E-state index contributed by atoms with van der Waals surface area (Å²) in [5, 5.41) is 28.1. The summed E-state index contributed by atoms with van der Waals surface area (Å²) in [6.07, 6.45) is 0.519. The zero-order valence-electron chi connectivity index (χ0n) is 8.63. The normalized spacial score (nSPS) is 27.7. The van der Waals surface area contributed by atoms with Gasteiger partial charge in [0, 0.05) is 0 Å². The summed E-state index contributed by atoms with van der Waals surface area (Å²) >= 11 is 0. The number of carboxylic acid groups (broad SMARTS) is 1. The number of carbonyl (C=O) groups is 1. The highest BCUT2D eigenvalue weighted by Crippen LogP contribution is 2.62. The van der Waals surface area contributed by atoms with E-state index in [1.165, 1.54) is 6.07 Å². The zero-order valence-corrected chi connectivity index (χ0v) is 8.63. The molecule has 3 N–H and O–H groups in total. The Morgan fingerprint density at radius 3 is 2.82 bits per heavy atom. The van der Waals surface area contributed by atoms with E-state index in [-0.39, 0.29) is 11.7 Å². The summed E-state index contributed by atoms with van der Waals surface area (Å²) in [6.45, 7) is -3.08. The third kappa shape index (κ3) is 1.36. The molecular weight excluding hydrogens is 230 g/mol. The van der Waals surface area contributed by atoms with Gasteiger partial charge in [0.2, 0.25) is 0 Å². The van der Waals surface area contributed by atoms with E-state index in [9.17, 15) is 19.2 Å². The van der Waals surface area contributed by atoms with Gasteiger partial charge in [-0.05, 0) is 17.5 Å². The number of aromatic carboxylic acids is 1. The summed E-state index contributed by atoms with van der Waals surface area (Å²) in [5.41, 5.74) is -0.100. The zero-order chi connectivity index (χ0) is 12.4. The summed E-state index contributed by atoms with van der Waals surface area (Å²) < 4.78 is 18.3. The Morgan fingerprint density at radius 2 is 2.18 bits per heavy atom. The first kappa shape index (κ1) is 10.6. The maximum absolute atomic E-state index is 13.4. The molecule has 0 bridgehead atoms. The van der Waals surface area contributed by atoms with Crippen molar-refractivity contribution in [1.29, 1.82) is 0 Å². The Morgan fingerprint density at radius 1 is 1.47 bits per heavy atom. The van der Waals surface area contributed by atoms with Gasteiger partial charge in [-0.25, -0.2) is 9.18 Å². The molecule has 1 aromatic rings. The molecular formula is C10H9BFO5-. The molecule has 1 aromatic carbocycles. The molecule has 0 spiro atoms. The molecule has 5 nitrogen and oxygen atoms in total. The van der Waals surface area contributed by atoms with Crippen LogP contribution in [0.4, 0.5) is 4.39 Å². The van der Waals surface area contributed by atoms with Crippen molar-refractivity contribution in [2.24, 2.45) is 0 Å². The van der Waals surface area contributed by atoms with Gasteiger partial charge in [-0.2, -0.15) is 0 Å². The predicted molar refractivity (Wildman–Crippen MR) is 55.3 cm³/mol. The molecule has 2 atom stereocenters. The fraction of sp³-hybridized carbons (Fsp3) is 0.300. The Bertz CT molecular complexity index is 530. The van der Waals surface area contributed by atoms with E-state index in [1.807, 2.05) is 0 Å². The van der Waals surface area contributed by atoms with Gasteiger partial charge in [-0.1, -0.05) is 18.3 Å². The van der Waals surface area contributed by atoms with Gasteiger partial charge in [0.25, 0.3) is 0 Å². The molecule has 1 heterocycles. The van der Waals surface area contributed by atoms with Crippen LogP contribution in [0.3, 0.4) is 0 Å². The summed E-state index contributed by atoms with van der Waals surface area (Å²) in [6, 6.07) is 2.50. The molecule has 17 heavy (non-hydrogen) atoms. The van der Waals surface area contributed by atoms with Crippen LogP contribution in [-0.2, 0) is 0 Å². The van der Waals surface area contributed by atoms with Crippen molar-refractivity contribution in [3.8, 4) is 5.75 Å². The van der Waals surface area contributed by atoms with Crippen LogP contribution in [0.5, 0.6) is 5.75 Å². The average Bonchev–Trinajstić information content (AvgIpc) is 2.96. The molecule has 0 radical (unpaired) electrons. The van der Waals surface area contributed by atoms with Gasteiger partial charge in [-0.3, -0.25) is 0 Å². The second-order valence-electron chi connectivity index (χ2n) is 4.53. The molecule has 1 fully saturated rings. The van der Waals surface area contributed by atoms with Crippen molar-refractivity contribution in [3.05, 3.63) is 29.1 Å². The van der Waals surface area contributed by atoms with Crippen molar-refractivity contribution < 1.29 is 29.0 Å². The topological polar surface area (TPSA) is 87.0 Å². The first-order valence-electron chi connectivity index (χ1n) is 5.26. The Labute approximate surface area is 95.5 Å². The fourth-order valence-electron chi connectivity index (χ4n) is 2.51. The number of carboxylic acids is 1. The van der Waals surface area contributed by atoms with Crippen LogP contribution in [0.1, 0.15) is 28.3 Å². The molecule has 0 unspecified atom stereocenters. The molecule has 0 amide bonds. The lowest BCUT2D eigenvalue weighted by Crippen LogP contribution is -2.46. The van der Waals surface area contributed by atoms with Gasteiger partial charge in [0.15, 0.2) is 0 Å². The molecule has 90 valence electrons. The van der Waals surface area contributed by atoms with Crippen molar-refractivity contribution in [1.82, 2.24) is 0 Å². The standard InChI is InChI=1S/C10H9BFO5/c12-7-2-1-4-5-3-6(5)11(15,16)17-9(4)8(7)10(13)14/h1-2,5-6,15-16H,3H2,(H,13,14)/q-1/t5-,6-/m1/s1. The maximum atomic E-state index is 13.4. The van der Waals surface area contributed by atoms with Crippen LogP contribution < -0.4 is 4.65 Å². The van der Waals surface area contributed by atoms with Crippen LogP contribution in [-0.4, -0.2) is 27.9 Å². The highest BCUT2D eigenvalue weighted by atomic mass is 19.1. The second-order valence-corrected chi connectivity index (χ2v) is 4.53. The predicted octanol–water partition coefficient (Wildman–Crippen LogP) is 0.697. The van der Waals surface area contributed by atoms with Gasteiger partial charge in [-0.15, -0.1) is 0 Å². The molecule has 1 aliphatic heterocycles. The Hall–Kier alpha value is -1.60. The van der Waals surface area contributed by atoms with E-state index >= 15 is 0 Å². The quantitative estimate of drug-likeness (QED) is 0.627. The van der Waals surface area contributed by atoms with Gasteiger partial charge in [0.05, 0.1) is 5.75 Å². The van der Waals surface area contributed by atoms with Gasteiger partial charge >= 0.3 is 12.7 Å². The monoisotopic (exact) mass is 239 g/mol. The van der Waals surface area contributed by atoms with Crippen LogP contribution in [0.15, 0.2) is 12.1 Å². The van der Waals surface area contributed by atoms with Crippen LogP contribution >= 0.6 is 0 Å². The van der Waals surface area contributed by atoms with Crippen LogP contribution in [0.2, 0.25) is 5.82 Å². The number of hydrogen-bond donors (Lipinski definition) is 3.